The van der Waals surface area contributed by atoms with Gasteiger partial charge in [0.25, 0.3) is 18.2 Å². The summed E-state index contributed by atoms with van der Waals surface area (Å²) in [7, 11) is 0. The minimum Gasteiger partial charge on any atom is -0.474 e. The van der Waals surface area contributed by atoms with Gasteiger partial charge in [0.15, 0.2) is 11.5 Å². The first kappa shape index (κ1) is 26.0. The van der Waals surface area contributed by atoms with Crippen LogP contribution in [0.5, 0.6) is 5.88 Å². The summed E-state index contributed by atoms with van der Waals surface area (Å²) >= 11 is 0. The third-order valence-corrected chi connectivity index (χ3v) is 7.49. The molecule has 2 saturated carbocycles. The topological polar surface area (TPSA) is 132 Å². The first-order chi connectivity index (χ1) is 17.9. The standard InChI is InChI=1S/C27H31F2N5O4/c1-26(2,37)8-7-15-5-6-19-20(33-23(21(28)29)34(19)14-15)24(36)32-16-10-27(11-16)12-17(13-27)38-25-18(22(30)35)4-3-9-31-25/h3-6,9,14,16-17,21,37H,7-8,10-13H2,1-2H3,(H2,30,35)(H,32,36). The molecule has 3 aromatic heterocycles. The maximum absolute atomic E-state index is 13.7. The molecule has 0 radical (unpaired) electrons. The molecule has 0 atom stereocenters. The number of aromatic nitrogens is 3. The van der Waals surface area contributed by atoms with Crippen molar-refractivity contribution in [3.63, 3.8) is 0 Å². The number of hydrogen-bond donors (Lipinski definition) is 3. The Bertz CT molecular complexity index is 1370. The van der Waals surface area contributed by atoms with Gasteiger partial charge in [-0.15, -0.1) is 0 Å². The van der Waals surface area contributed by atoms with E-state index in [9.17, 15) is 23.5 Å². The fourth-order valence-corrected chi connectivity index (χ4v) is 5.57. The predicted molar refractivity (Wildman–Crippen MR) is 134 cm³/mol. The zero-order chi connectivity index (χ0) is 27.2. The molecule has 202 valence electrons. The number of ether oxygens (including phenoxy) is 1. The van der Waals surface area contributed by atoms with Gasteiger partial charge >= 0.3 is 0 Å². The predicted octanol–water partition coefficient (Wildman–Crippen LogP) is 3.59. The van der Waals surface area contributed by atoms with Crippen molar-refractivity contribution >= 4 is 17.3 Å². The average molecular weight is 528 g/mol. The molecular formula is C27H31F2N5O4. The number of fused-ring (bicyclic) bond motifs is 1. The van der Waals surface area contributed by atoms with Crippen molar-refractivity contribution in [2.24, 2.45) is 11.1 Å². The third kappa shape index (κ3) is 5.20. The minimum atomic E-state index is -2.85. The second-order valence-corrected chi connectivity index (χ2v) is 11.2. The number of rotatable bonds is 9. The van der Waals surface area contributed by atoms with Crippen LogP contribution in [0.1, 0.15) is 84.6 Å². The number of carbonyl (C=O) groups is 2. The lowest BCUT2D eigenvalue weighted by Crippen LogP contribution is -2.58. The Morgan fingerprint density at radius 1 is 1.26 bits per heavy atom. The van der Waals surface area contributed by atoms with Crippen LogP contribution in [0.2, 0.25) is 0 Å². The third-order valence-electron chi connectivity index (χ3n) is 7.49. The van der Waals surface area contributed by atoms with Crippen molar-refractivity contribution in [1.29, 1.82) is 0 Å². The van der Waals surface area contributed by atoms with E-state index in [0.29, 0.717) is 18.4 Å². The maximum atomic E-state index is 13.7. The van der Waals surface area contributed by atoms with Gasteiger partial charge in [-0.1, -0.05) is 6.07 Å². The number of amides is 2. The average Bonchev–Trinajstić information content (AvgIpc) is 3.19. The number of aliphatic hydroxyl groups is 1. The summed E-state index contributed by atoms with van der Waals surface area (Å²) in [6.45, 7) is 3.38. The zero-order valence-electron chi connectivity index (χ0n) is 21.3. The summed E-state index contributed by atoms with van der Waals surface area (Å²) in [5.74, 6) is -1.33. The lowest BCUT2D eigenvalue weighted by molar-refractivity contribution is -0.0848. The van der Waals surface area contributed by atoms with E-state index < -0.39 is 29.7 Å². The normalized spacial score (nSPS) is 22.8. The number of nitrogens with two attached hydrogens (primary N) is 1. The van der Waals surface area contributed by atoms with Crippen molar-refractivity contribution in [2.75, 3.05) is 0 Å². The molecule has 0 aliphatic heterocycles. The maximum Gasteiger partial charge on any atom is 0.295 e. The highest BCUT2D eigenvalue weighted by Crippen LogP contribution is 2.56. The Morgan fingerprint density at radius 2 is 2.00 bits per heavy atom. The van der Waals surface area contributed by atoms with E-state index in [-0.39, 0.29) is 34.7 Å². The fourth-order valence-electron chi connectivity index (χ4n) is 5.57. The largest absolute Gasteiger partial charge is 0.474 e. The Kier molecular flexibility index (Phi) is 6.58. The van der Waals surface area contributed by atoms with Gasteiger partial charge in [-0.05, 0) is 81.5 Å². The minimum absolute atomic E-state index is 0.0285. The smallest absolute Gasteiger partial charge is 0.295 e. The van der Waals surface area contributed by atoms with Crippen molar-refractivity contribution < 1.29 is 28.2 Å². The van der Waals surface area contributed by atoms with Gasteiger partial charge in [-0.3, -0.25) is 14.0 Å². The number of primary amides is 1. The van der Waals surface area contributed by atoms with Crippen molar-refractivity contribution in [3.05, 3.63) is 59.3 Å². The quantitative estimate of drug-likeness (QED) is 0.390. The van der Waals surface area contributed by atoms with Crippen molar-refractivity contribution in [1.82, 2.24) is 19.7 Å². The highest BCUT2D eigenvalue weighted by atomic mass is 19.3. The molecule has 3 heterocycles. The number of alkyl halides is 2. The van der Waals surface area contributed by atoms with Crippen LogP contribution < -0.4 is 15.8 Å². The highest BCUT2D eigenvalue weighted by Gasteiger charge is 2.54. The number of carbonyl (C=O) groups excluding carboxylic acids is 2. The van der Waals surface area contributed by atoms with E-state index in [2.05, 4.69) is 15.3 Å². The molecule has 0 bridgehead atoms. The summed E-state index contributed by atoms with van der Waals surface area (Å²) < 4.78 is 34.6. The fraction of sp³-hybridized carbons (Fsp3) is 0.481. The summed E-state index contributed by atoms with van der Waals surface area (Å²) in [6.07, 6.45) is 4.17. The molecule has 38 heavy (non-hydrogen) atoms. The monoisotopic (exact) mass is 527 g/mol. The molecular weight excluding hydrogens is 496 g/mol. The SMILES string of the molecule is CC(C)(O)CCc1ccc2c(C(=O)NC3CC4(C3)CC(Oc3ncccc3C(N)=O)C4)nc(C(F)F)n2c1. The van der Waals surface area contributed by atoms with Crippen LogP contribution in [0.4, 0.5) is 8.78 Å². The van der Waals surface area contributed by atoms with Crippen LogP contribution in [-0.4, -0.2) is 49.0 Å². The van der Waals surface area contributed by atoms with Gasteiger partial charge in [0.1, 0.15) is 11.7 Å². The van der Waals surface area contributed by atoms with E-state index in [1.165, 1.54) is 4.40 Å². The van der Waals surface area contributed by atoms with E-state index in [4.69, 9.17) is 10.5 Å². The second kappa shape index (κ2) is 9.61. The summed E-state index contributed by atoms with van der Waals surface area (Å²) in [5, 5.41) is 12.9. The van der Waals surface area contributed by atoms with Crippen LogP contribution in [0, 0.1) is 5.41 Å². The first-order valence-electron chi connectivity index (χ1n) is 12.7. The molecule has 0 aromatic carbocycles. The van der Waals surface area contributed by atoms with Gasteiger partial charge in [-0.2, -0.15) is 0 Å². The number of aryl methyl sites for hydroxylation is 1. The summed E-state index contributed by atoms with van der Waals surface area (Å²) in [5.41, 5.74) is 5.85. The number of pyridine rings is 2. The van der Waals surface area contributed by atoms with Crippen LogP contribution in [-0.2, 0) is 6.42 Å². The van der Waals surface area contributed by atoms with Gasteiger partial charge < -0.3 is 20.9 Å². The molecule has 4 N–H and O–H groups in total. The second-order valence-electron chi connectivity index (χ2n) is 11.2. The molecule has 9 nitrogen and oxygen atoms in total. The molecule has 1 spiro atoms. The van der Waals surface area contributed by atoms with E-state index in [1.54, 1.807) is 50.5 Å². The number of nitrogens with zero attached hydrogens (tertiary/aromatic N) is 3. The Morgan fingerprint density at radius 3 is 2.66 bits per heavy atom. The first-order valence-corrected chi connectivity index (χ1v) is 12.7. The van der Waals surface area contributed by atoms with E-state index in [0.717, 1.165) is 31.2 Å². The zero-order valence-corrected chi connectivity index (χ0v) is 21.3. The molecule has 2 aliphatic rings. The Balaban J connectivity index is 1.20. The van der Waals surface area contributed by atoms with Crippen LogP contribution in [0.25, 0.3) is 5.52 Å². The van der Waals surface area contributed by atoms with Gasteiger partial charge in [0.2, 0.25) is 5.88 Å². The van der Waals surface area contributed by atoms with Crippen LogP contribution in [0.15, 0.2) is 36.7 Å². The van der Waals surface area contributed by atoms with Crippen molar-refractivity contribution in [2.45, 2.75) is 76.5 Å². The van der Waals surface area contributed by atoms with E-state index in [1.807, 2.05) is 0 Å². The summed E-state index contributed by atoms with van der Waals surface area (Å²) in [4.78, 5) is 32.7. The molecule has 3 aromatic rings. The molecule has 0 saturated heterocycles. The molecule has 2 fully saturated rings. The number of hydrogen-bond acceptors (Lipinski definition) is 6. The molecule has 11 heteroatoms. The molecule has 5 rings (SSSR count). The number of imidazole rings is 1. The molecule has 0 unspecified atom stereocenters. The number of nitrogens with one attached hydrogen (secondary N) is 1. The lowest BCUT2D eigenvalue weighted by atomic mass is 9.53. The van der Waals surface area contributed by atoms with Gasteiger partial charge in [-0.25, -0.2) is 18.7 Å². The number of halogens is 2. The van der Waals surface area contributed by atoms with Crippen LogP contribution in [0.3, 0.4) is 0 Å². The Hall–Kier alpha value is -3.60. The van der Waals surface area contributed by atoms with Crippen LogP contribution >= 0.6 is 0 Å². The molecule has 2 aliphatic carbocycles. The molecule has 2 amide bonds. The summed E-state index contributed by atoms with van der Waals surface area (Å²) in [6, 6.07) is 6.51. The highest BCUT2D eigenvalue weighted by molar-refractivity contribution is 5.99. The van der Waals surface area contributed by atoms with Gasteiger partial charge in [0.05, 0.1) is 11.1 Å². The Labute approximate surface area is 218 Å². The van der Waals surface area contributed by atoms with E-state index >= 15 is 0 Å². The van der Waals surface area contributed by atoms with Crippen molar-refractivity contribution in [3.8, 4) is 5.88 Å². The van der Waals surface area contributed by atoms with Gasteiger partial charge in [0, 0.05) is 18.4 Å². The lowest BCUT2D eigenvalue weighted by Gasteiger charge is -2.57.